The Hall–Kier alpha value is -2.58. The summed E-state index contributed by atoms with van der Waals surface area (Å²) in [5.74, 6) is 0.611. The highest BCUT2D eigenvalue weighted by atomic mass is 35.5. The van der Waals surface area contributed by atoms with E-state index in [0.29, 0.717) is 37.5 Å². The lowest BCUT2D eigenvalue weighted by Gasteiger charge is -2.36. The lowest BCUT2D eigenvalue weighted by molar-refractivity contribution is -0.135. The van der Waals surface area contributed by atoms with Crippen LogP contribution >= 0.6 is 12.4 Å². The van der Waals surface area contributed by atoms with Crippen molar-refractivity contribution in [2.45, 2.75) is 6.04 Å². The van der Waals surface area contributed by atoms with Crippen molar-refractivity contribution in [3.05, 3.63) is 47.8 Å². The molecule has 28 heavy (non-hydrogen) atoms. The van der Waals surface area contributed by atoms with E-state index in [4.69, 9.17) is 4.74 Å². The molecule has 2 heterocycles. The monoisotopic (exact) mass is 407 g/mol. The van der Waals surface area contributed by atoms with Crippen molar-refractivity contribution in [1.82, 2.24) is 24.9 Å². The minimum Gasteiger partial charge on any atom is -0.497 e. The smallest absolute Gasteiger partial charge is 0.254 e. The number of ether oxygens (including phenoxy) is 1. The van der Waals surface area contributed by atoms with E-state index in [1.165, 1.54) is 0 Å². The fourth-order valence-corrected chi connectivity index (χ4v) is 3.27. The molecule has 1 unspecified atom stereocenters. The first-order valence-corrected chi connectivity index (χ1v) is 8.91. The Morgan fingerprint density at radius 1 is 1.18 bits per heavy atom. The van der Waals surface area contributed by atoms with E-state index in [9.17, 15) is 9.59 Å². The summed E-state index contributed by atoms with van der Waals surface area (Å²) in [6, 6.07) is 6.70. The van der Waals surface area contributed by atoms with E-state index in [0.717, 1.165) is 5.56 Å². The van der Waals surface area contributed by atoms with Gasteiger partial charge in [0.15, 0.2) is 0 Å². The highest BCUT2D eigenvalue weighted by molar-refractivity contribution is 5.95. The van der Waals surface area contributed by atoms with Crippen LogP contribution in [-0.2, 0) is 11.8 Å². The van der Waals surface area contributed by atoms with Crippen LogP contribution in [0.1, 0.15) is 22.0 Å². The molecule has 1 aliphatic rings. The molecule has 1 atom stereocenters. The van der Waals surface area contributed by atoms with Gasteiger partial charge in [-0.05, 0) is 25.2 Å². The Bertz CT molecular complexity index is 817. The summed E-state index contributed by atoms with van der Waals surface area (Å²) in [5, 5.41) is 7.20. The molecule has 0 bridgehead atoms. The molecule has 152 valence electrons. The third-order valence-electron chi connectivity index (χ3n) is 4.79. The summed E-state index contributed by atoms with van der Waals surface area (Å²) in [7, 11) is 5.16. The Kier molecular flexibility index (Phi) is 7.42. The van der Waals surface area contributed by atoms with Crippen molar-refractivity contribution < 1.29 is 14.3 Å². The molecule has 0 saturated carbocycles. The van der Waals surface area contributed by atoms with Crippen molar-refractivity contribution >= 4 is 24.2 Å². The predicted molar refractivity (Wildman–Crippen MR) is 108 cm³/mol. The Morgan fingerprint density at radius 3 is 2.43 bits per heavy atom. The fourth-order valence-electron chi connectivity index (χ4n) is 3.27. The topological polar surface area (TPSA) is 79.7 Å². The standard InChI is InChI=1S/C19H25N5O3.ClH/c1-20-17(15-12-21-22(2)13-15)19(26)24-9-7-23(8-10-24)18(25)14-5-4-6-16(11-14)27-3;/h4-6,11-13,17,20H,7-10H2,1-3H3;1H. The second-order valence-corrected chi connectivity index (χ2v) is 6.52. The summed E-state index contributed by atoms with van der Waals surface area (Å²) in [6.07, 6.45) is 3.53. The largest absolute Gasteiger partial charge is 0.497 e. The molecule has 1 fully saturated rings. The van der Waals surface area contributed by atoms with Gasteiger partial charge in [0.05, 0.1) is 13.3 Å². The highest BCUT2D eigenvalue weighted by Crippen LogP contribution is 2.18. The van der Waals surface area contributed by atoms with E-state index in [-0.39, 0.29) is 24.2 Å². The summed E-state index contributed by atoms with van der Waals surface area (Å²) in [5.41, 5.74) is 1.43. The molecule has 9 heteroatoms. The fraction of sp³-hybridized carbons (Fsp3) is 0.421. The molecule has 2 amide bonds. The molecular weight excluding hydrogens is 382 g/mol. The van der Waals surface area contributed by atoms with Crippen LogP contribution in [0.5, 0.6) is 5.75 Å². The lowest BCUT2D eigenvalue weighted by Crippen LogP contribution is -2.52. The number of halogens is 1. The van der Waals surface area contributed by atoms with Gasteiger partial charge in [0.1, 0.15) is 11.8 Å². The van der Waals surface area contributed by atoms with E-state index in [1.54, 1.807) is 53.0 Å². The number of nitrogens with one attached hydrogen (secondary N) is 1. The van der Waals surface area contributed by atoms with Gasteiger partial charge < -0.3 is 19.9 Å². The third-order valence-corrected chi connectivity index (χ3v) is 4.79. The average Bonchev–Trinajstić information content (AvgIpc) is 3.14. The first-order chi connectivity index (χ1) is 13.0. The molecule has 8 nitrogen and oxygen atoms in total. The first-order valence-electron chi connectivity index (χ1n) is 8.91. The van der Waals surface area contributed by atoms with Gasteiger partial charge in [-0.3, -0.25) is 14.3 Å². The number of piperazine rings is 1. The Morgan fingerprint density at radius 2 is 1.86 bits per heavy atom. The van der Waals surface area contributed by atoms with Gasteiger partial charge in [-0.2, -0.15) is 5.10 Å². The molecule has 3 rings (SSSR count). The summed E-state index contributed by atoms with van der Waals surface area (Å²) >= 11 is 0. The SMILES string of the molecule is CNC(C(=O)N1CCN(C(=O)c2cccc(OC)c2)CC1)c1cnn(C)c1.Cl. The number of benzene rings is 1. The molecule has 2 aromatic rings. The maximum absolute atomic E-state index is 12.9. The van der Waals surface area contributed by atoms with Crippen LogP contribution in [0.4, 0.5) is 0 Å². The highest BCUT2D eigenvalue weighted by Gasteiger charge is 2.30. The molecule has 1 aromatic carbocycles. The van der Waals surface area contributed by atoms with Gasteiger partial charge in [0, 0.05) is 50.6 Å². The number of carbonyl (C=O) groups is 2. The maximum Gasteiger partial charge on any atom is 0.254 e. The van der Waals surface area contributed by atoms with Crippen LogP contribution in [0.15, 0.2) is 36.7 Å². The van der Waals surface area contributed by atoms with Crippen LogP contribution < -0.4 is 10.1 Å². The third kappa shape index (κ3) is 4.63. The van der Waals surface area contributed by atoms with E-state index in [2.05, 4.69) is 10.4 Å². The van der Waals surface area contributed by atoms with Crippen molar-refractivity contribution in [3.63, 3.8) is 0 Å². The van der Waals surface area contributed by atoms with Crippen molar-refractivity contribution in [2.24, 2.45) is 7.05 Å². The number of aromatic nitrogens is 2. The number of hydrogen-bond donors (Lipinski definition) is 1. The summed E-state index contributed by atoms with van der Waals surface area (Å²) in [6.45, 7) is 2.02. The van der Waals surface area contributed by atoms with E-state index < -0.39 is 6.04 Å². The van der Waals surface area contributed by atoms with Gasteiger partial charge in [0.2, 0.25) is 5.91 Å². The normalized spacial score (nSPS) is 15.0. The molecule has 0 aliphatic carbocycles. The van der Waals surface area contributed by atoms with Crippen molar-refractivity contribution in [1.29, 1.82) is 0 Å². The zero-order valence-electron chi connectivity index (χ0n) is 16.3. The van der Waals surface area contributed by atoms with E-state index in [1.807, 2.05) is 19.3 Å². The van der Waals surface area contributed by atoms with Crippen molar-refractivity contribution in [2.75, 3.05) is 40.3 Å². The molecule has 1 saturated heterocycles. The zero-order chi connectivity index (χ0) is 19.4. The number of likely N-dealkylation sites (N-methyl/N-ethyl adjacent to an activating group) is 1. The summed E-state index contributed by atoms with van der Waals surface area (Å²) < 4.78 is 6.86. The molecule has 1 aromatic heterocycles. The molecule has 1 aliphatic heterocycles. The van der Waals surface area contributed by atoms with Gasteiger partial charge in [-0.15, -0.1) is 12.4 Å². The van der Waals surface area contributed by atoms with E-state index >= 15 is 0 Å². The van der Waals surface area contributed by atoms with Crippen LogP contribution in [0, 0.1) is 0 Å². The van der Waals surface area contributed by atoms with Crippen LogP contribution in [0.2, 0.25) is 0 Å². The van der Waals surface area contributed by atoms with Gasteiger partial charge >= 0.3 is 0 Å². The summed E-state index contributed by atoms with van der Waals surface area (Å²) in [4.78, 5) is 29.1. The molecule has 0 radical (unpaired) electrons. The second-order valence-electron chi connectivity index (χ2n) is 6.52. The Balaban J connectivity index is 0.00000280. The average molecular weight is 408 g/mol. The first kappa shape index (κ1) is 21.7. The number of hydrogen-bond acceptors (Lipinski definition) is 5. The minimum atomic E-state index is -0.431. The number of rotatable bonds is 5. The number of nitrogens with zero attached hydrogens (tertiary/aromatic N) is 4. The van der Waals surface area contributed by atoms with Crippen LogP contribution in [-0.4, -0.2) is 71.7 Å². The zero-order valence-corrected chi connectivity index (χ0v) is 17.1. The minimum absolute atomic E-state index is 0. The predicted octanol–water partition coefficient (Wildman–Crippen LogP) is 1.10. The number of methoxy groups -OCH3 is 1. The van der Waals surface area contributed by atoms with Gasteiger partial charge in [-0.25, -0.2) is 0 Å². The van der Waals surface area contributed by atoms with Gasteiger partial charge in [0.25, 0.3) is 5.91 Å². The number of aryl methyl sites for hydroxylation is 1. The van der Waals surface area contributed by atoms with Crippen LogP contribution in [0.3, 0.4) is 0 Å². The molecular formula is C19H26ClN5O3. The Labute approximate surface area is 170 Å². The van der Waals surface area contributed by atoms with Gasteiger partial charge in [-0.1, -0.05) is 6.07 Å². The molecule has 1 N–H and O–H groups in total. The van der Waals surface area contributed by atoms with Crippen molar-refractivity contribution in [3.8, 4) is 5.75 Å². The number of amides is 2. The maximum atomic E-state index is 12.9. The lowest BCUT2D eigenvalue weighted by atomic mass is 10.1. The second kappa shape index (κ2) is 9.57. The number of carbonyl (C=O) groups excluding carboxylic acids is 2. The quantitative estimate of drug-likeness (QED) is 0.802. The van der Waals surface area contributed by atoms with Crippen LogP contribution in [0.25, 0.3) is 0 Å². The molecule has 0 spiro atoms.